The molecular formula is C16H25NO3. The van der Waals surface area contributed by atoms with Gasteiger partial charge in [0.25, 0.3) is 0 Å². The van der Waals surface area contributed by atoms with Crippen LogP contribution in [0.2, 0.25) is 0 Å². The quantitative estimate of drug-likeness (QED) is 0.777. The number of hydrogen-bond donors (Lipinski definition) is 3. The predicted octanol–water partition coefficient (Wildman–Crippen LogP) is 3.07. The van der Waals surface area contributed by atoms with Gasteiger partial charge in [-0.3, -0.25) is 4.79 Å². The number of benzene rings is 1. The molecule has 0 fully saturated rings. The van der Waals surface area contributed by atoms with Crippen molar-refractivity contribution in [3.63, 3.8) is 0 Å². The number of rotatable bonds is 2. The lowest BCUT2D eigenvalue weighted by molar-refractivity contribution is -0.138. The van der Waals surface area contributed by atoms with E-state index in [4.69, 9.17) is 10.8 Å². The van der Waals surface area contributed by atoms with Crippen molar-refractivity contribution in [3.05, 3.63) is 28.8 Å². The molecule has 0 aliphatic heterocycles. The summed E-state index contributed by atoms with van der Waals surface area (Å²) in [5.74, 6) is -1.16. The van der Waals surface area contributed by atoms with Crippen LogP contribution in [-0.2, 0) is 15.6 Å². The molecule has 0 amide bonds. The van der Waals surface area contributed by atoms with Crippen molar-refractivity contribution in [2.24, 2.45) is 5.73 Å². The second-order valence-electron chi connectivity index (χ2n) is 7.28. The number of aromatic hydroxyl groups is 1. The molecule has 0 saturated carbocycles. The van der Waals surface area contributed by atoms with E-state index in [1.807, 2.05) is 47.6 Å². The lowest BCUT2D eigenvalue weighted by Crippen LogP contribution is -2.24. The number of nitrogens with two attached hydrogens (primary N) is 1. The lowest BCUT2D eigenvalue weighted by Gasteiger charge is -2.28. The summed E-state index contributed by atoms with van der Waals surface area (Å²) in [7, 11) is 0. The van der Waals surface area contributed by atoms with Crippen LogP contribution in [-0.4, -0.2) is 16.2 Å². The molecule has 0 saturated heterocycles. The predicted molar refractivity (Wildman–Crippen MR) is 80.1 cm³/mol. The van der Waals surface area contributed by atoms with E-state index in [0.29, 0.717) is 0 Å². The van der Waals surface area contributed by atoms with Crippen LogP contribution < -0.4 is 5.73 Å². The number of carbonyl (C=O) groups is 1. The van der Waals surface area contributed by atoms with Gasteiger partial charge in [0.1, 0.15) is 11.8 Å². The second-order valence-corrected chi connectivity index (χ2v) is 7.28. The minimum atomic E-state index is -1.22. The minimum Gasteiger partial charge on any atom is -0.507 e. The molecule has 20 heavy (non-hydrogen) atoms. The first-order valence-corrected chi connectivity index (χ1v) is 6.72. The van der Waals surface area contributed by atoms with Crippen LogP contribution in [0.4, 0.5) is 0 Å². The third kappa shape index (κ3) is 3.31. The van der Waals surface area contributed by atoms with E-state index < -0.39 is 12.0 Å². The Balaban J connectivity index is 3.64. The van der Waals surface area contributed by atoms with Crippen molar-refractivity contribution in [2.45, 2.75) is 58.4 Å². The van der Waals surface area contributed by atoms with Crippen molar-refractivity contribution < 1.29 is 15.0 Å². The molecule has 4 heteroatoms. The van der Waals surface area contributed by atoms with Crippen LogP contribution in [0.3, 0.4) is 0 Å². The maximum atomic E-state index is 11.1. The highest BCUT2D eigenvalue weighted by atomic mass is 16.4. The Kier molecular flexibility index (Phi) is 4.20. The highest BCUT2D eigenvalue weighted by Crippen LogP contribution is 2.39. The van der Waals surface area contributed by atoms with E-state index in [2.05, 4.69) is 0 Å². The minimum absolute atomic E-state index is 0.0135. The molecule has 0 unspecified atom stereocenters. The highest BCUT2D eigenvalue weighted by Gasteiger charge is 2.28. The van der Waals surface area contributed by atoms with Gasteiger partial charge in [-0.25, -0.2) is 0 Å². The van der Waals surface area contributed by atoms with E-state index in [0.717, 1.165) is 11.1 Å². The Hall–Kier alpha value is -1.55. The number of carboxylic acid groups (broad SMARTS) is 1. The van der Waals surface area contributed by atoms with Gasteiger partial charge in [-0.15, -0.1) is 0 Å². The number of hydrogen-bond acceptors (Lipinski definition) is 3. The summed E-state index contributed by atoms with van der Waals surface area (Å²) in [6.07, 6.45) is 0. The molecule has 1 rings (SSSR count). The summed E-state index contributed by atoms with van der Waals surface area (Å²) in [6.45, 7) is 12.1. The fourth-order valence-electron chi connectivity index (χ4n) is 2.03. The normalized spacial score (nSPS) is 14.2. The largest absolute Gasteiger partial charge is 0.507 e. The topological polar surface area (TPSA) is 83.6 Å². The van der Waals surface area contributed by atoms with Crippen LogP contribution >= 0.6 is 0 Å². The molecule has 1 atom stereocenters. The second kappa shape index (κ2) is 5.09. The molecule has 0 spiro atoms. The SMILES string of the molecule is CC(C)(C)c1cc([C@H](N)C(=O)O)c(O)c(C(C)(C)C)c1. The molecule has 4 N–H and O–H groups in total. The Morgan fingerprint density at radius 3 is 1.95 bits per heavy atom. The third-order valence-corrected chi connectivity index (χ3v) is 3.41. The summed E-state index contributed by atoms with van der Waals surface area (Å²) in [4.78, 5) is 11.1. The van der Waals surface area contributed by atoms with E-state index in [9.17, 15) is 9.90 Å². The van der Waals surface area contributed by atoms with Gasteiger partial charge in [0.05, 0.1) is 0 Å². The molecule has 112 valence electrons. The van der Waals surface area contributed by atoms with Gasteiger partial charge in [0.15, 0.2) is 0 Å². The van der Waals surface area contributed by atoms with Crippen LogP contribution in [0.1, 0.15) is 64.3 Å². The molecule has 1 aromatic rings. The molecule has 1 aromatic carbocycles. The highest BCUT2D eigenvalue weighted by molar-refractivity contribution is 5.77. The number of aliphatic carboxylic acids is 1. The van der Waals surface area contributed by atoms with Crippen LogP contribution in [0, 0.1) is 0 Å². The van der Waals surface area contributed by atoms with Gasteiger partial charge in [-0.2, -0.15) is 0 Å². The first kappa shape index (κ1) is 16.5. The average Bonchev–Trinajstić information content (AvgIpc) is 2.24. The Morgan fingerprint density at radius 1 is 1.10 bits per heavy atom. The Labute approximate surface area is 120 Å². The molecule has 0 aromatic heterocycles. The number of phenols is 1. The summed E-state index contributed by atoms with van der Waals surface area (Å²) in [5.41, 5.74) is 7.21. The summed E-state index contributed by atoms with van der Waals surface area (Å²) >= 11 is 0. The van der Waals surface area contributed by atoms with Crippen molar-refractivity contribution >= 4 is 5.97 Å². The Morgan fingerprint density at radius 2 is 1.60 bits per heavy atom. The standard InChI is InChI=1S/C16H25NO3/c1-15(2,3)9-7-10(12(17)14(19)20)13(18)11(8-9)16(4,5)6/h7-8,12,18H,17H2,1-6H3,(H,19,20)/t12-/m0/s1. The maximum Gasteiger partial charge on any atom is 0.325 e. The van der Waals surface area contributed by atoms with Crippen molar-refractivity contribution in [1.82, 2.24) is 0 Å². The van der Waals surface area contributed by atoms with Gasteiger partial charge >= 0.3 is 5.97 Å². The van der Waals surface area contributed by atoms with Gasteiger partial charge in [0.2, 0.25) is 0 Å². The zero-order valence-electron chi connectivity index (χ0n) is 13.1. The van der Waals surface area contributed by atoms with Gasteiger partial charge in [-0.1, -0.05) is 47.6 Å². The fourth-order valence-corrected chi connectivity index (χ4v) is 2.03. The lowest BCUT2D eigenvalue weighted by atomic mass is 9.78. The smallest absolute Gasteiger partial charge is 0.325 e. The van der Waals surface area contributed by atoms with Crippen LogP contribution in [0.5, 0.6) is 5.75 Å². The van der Waals surface area contributed by atoms with Crippen molar-refractivity contribution in [3.8, 4) is 5.75 Å². The van der Waals surface area contributed by atoms with Gasteiger partial charge < -0.3 is 15.9 Å². The average molecular weight is 279 g/mol. The molecule has 0 heterocycles. The van der Waals surface area contributed by atoms with E-state index >= 15 is 0 Å². The molecule has 0 bridgehead atoms. The molecule has 0 aliphatic carbocycles. The molecule has 0 aliphatic rings. The number of carboxylic acids is 1. The van der Waals surface area contributed by atoms with Crippen LogP contribution in [0.25, 0.3) is 0 Å². The van der Waals surface area contributed by atoms with Gasteiger partial charge in [0, 0.05) is 5.56 Å². The third-order valence-electron chi connectivity index (χ3n) is 3.41. The van der Waals surface area contributed by atoms with Crippen LogP contribution in [0.15, 0.2) is 12.1 Å². The molecular weight excluding hydrogens is 254 g/mol. The first-order valence-electron chi connectivity index (χ1n) is 6.72. The molecule has 4 nitrogen and oxygen atoms in total. The van der Waals surface area contributed by atoms with Crippen molar-refractivity contribution in [1.29, 1.82) is 0 Å². The maximum absolute atomic E-state index is 11.1. The van der Waals surface area contributed by atoms with Gasteiger partial charge in [-0.05, 0) is 28.0 Å². The van der Waals surface area contributed by atoms with E-state index in [1.54, 1.807) is 6.07 Å². The fraction of sp³-hybridized carbons (Fsp3) is 0.562. The summed E-state index contributed by atoms with van der Waals surface area (Å²) in [6, 6.07) is 2.41. The summed E-state index contributed by atoms with van der Waals surface area (Å²) in [5, 5.41) is 19.5. The summed E-state index contributed by atoms with van der Waals surface area (Å²) < 4.78 is 0. The zero-order chi connectivity index (χ0) is 15.9. The Bertz CT molecular complexity index is 522. The van der Waals surface area contributed by atoms with E-state index in [1.165, 1.54) is 0 Å². The van der Waals surface area contributed by atoms with Crippen molar-refractivity contribution in [2.75, 3.05) is 0 Å². The zero-order valence-corrected chi connectivity index (χ0v) is 13.1. The van der Waals surface area contributed by atoms with E-state index in [-0.39, 0.29) is 22.1 Å². The monoisotopic (exact) mass is 279 g/mol. The first-order chi connectivity index (χ1) is 8.85. The molecule has 0 radical (unpaired) electrons. The number of phenolic OH excluding ortho intramolecular Hbond substituents is 1.